The highest BCUT2D eigenvalue weighted by atomic mass is 19.2. The Kier molecular flexibility index (Phi) is 22.3. The van der Waals surface area contributed by atoms with Crippen molar-refractivity contribution >= 4 is 39.6 Å². The van der Waals surface area contributed by atoms with Crippen LogP contribution in [0, 0.1) is 116 Å². The van der Waals surface area contributed by atoms with E-state index in [1.54, 1.807) is 0 Å². The van der Waals surface area contributed by atoms with E-state index < -0.39 is 144 Å². The lowest BCUT2D eigenvalue weighted by Crippen LogP contribution is -2.81. The fraction of sp³-hybridized carbons (Fsp3) is 0.327. The van der Waals surface area contributed by atoms with Crippen molar-refractivity contribution in [2.75, 3.05) is 0 Å². The summed E-state index contributed by atoms with van der Waals surface area (Å²) in [5.41, 5.74) is -12.9. The van der Waals surface area contributed by atoms with Gasteiger partial charge in [0.05, 0.1) is 0 Å². The normalized spacial score (nSPS) is 11.6. The Hall–Kier alpha value is -6.75. The molecule has 1 heterocycles. The number of pyridine rings is 1. The average molecular weight is 1140 g/mol. The van der Waals surface area contributed by atoms with E-state index in [2.05, 4.69) is 6.92 Å². The molecule has 0 atom stereocenters. The molecule has 0 unspecified atom stereocenters. The monoisotopic (exact) mass is 1140 g/mol. The van der Waals surface area contributed by atoms with Crippen molar-refractivity contribution in [3.8, 4) is 0 Å². The fourth-order valence-corrected chi connectivity index (χ4v) is 9.31. The lowest BCUT2D eigenvalue weighted by Gasteiger charge is -2.44. The van der Waals surface area contributed by atoms with E-state index >= 15 is 35.1 Å². The number of hydrogen-bond acceptors (Lipinski definition) is 2. The van der Waals surface area contributed by atoms with Gasteiger partial charge in [0.1, 0.15) is 52.7 Å². The number of Topliss-reactive ketones (excluding diaryl/α,β-unsaturated/α-hetero) is 2. The van der Waals surface area contributed by atoms with Crippen LogP contribution in [-0.2, 0) is 6.54 Å². The lowest BCUT2D eigenvalue weighted by molar-refractivity contribution is -0.683. The number of halogens is 20. The van der Waals surface area contributed by atoms with Crippen LogP contribution in [-0.4, -0.2) is 17.7 Å². The zero-order chi connectivity index (χ0) is 58.6. The molecule has 0 aliphatic heterocycles. The van der Waals surface area contributed by atoms with Crippen LogP contribution in [0.15, 0.2) is 54.9 Å². The van der Waals surface area contributed by atoms with Crippen LogP contribution in [0.5, 0.6) is 0 Å². The number of rotatable bonds is 24. The van der Waals surface area contributed by atoms with Gasteiger partial charge in [-0.3, -0.25) is 9.59 Å². The van der Waals surface area contributed by atoms with Gasteiger partial charge < -0.3 is 0 Å². The number of carbonyl (C=O) groups is 2. The van der Waals surface area contributed by atoms with Crippen LogP contribution in [0.3, 0.4) is 0 Å². The standard InChI is InChI=1S/C31H46NO2.C24BF20/c1-2-3-4-5-6-7-8-9-10-11-12-13-14-15-19-22-30(33)29-23-25-32(26-24-29)27-31(34)28-20-17-16-18-21-28;26-5-1(6(27)14(35)21(42)13(5)34)25(2-7(28)15(36)22(43)16(37)8(2)29,3-9(30)17(38)23(44)18(39)10(3)31)4-11(32)19(40)24(45)20(41)12(4)33/h16-18,20-21,23-26H,2-15,19,22,27H2,1H3;/q+1;-1. The van der Waals surface area contributed by atoms with E-state index in [9.17, 15) is 62.3 Å². The highest BCUT2D eigenvalue weighted by Crippen LogP contribution is 2.31. The molecule has 0 aliphatic carbocycles. The smallest absolute Gasteiger partial charge is 0.227 e. The zero-order valence-electron chi connectivity index (χ0n) is 41.6. The molecule has 3 nitrogen and oxygen atoms in total. The average Bonchev–Trinajstić information content (AvgIpc) is 3.07. The van der Waals surface area contributed by atoms with Gasteiger partial charge in [-0.1, -0.05) is 127 Å². The second-order valence-electron chi connectivity index (χ2n) is 18.5. The van der Waals surface area contributed by atoms with Gasteiger partial charge in [-0.15, -0.1) is 21.9 Å². The van der Waals surface area contributed by atoms with Crippen LogP contribution in [0.4, 0.5) is 87.8 Å². The van der Waals surface area contributed by atoms with E-state index in [1.807, 2.05) is 59.4 Å². The number of aromatic nitrogens is 1. The van der Waals surface area contributed by atoms with E-state index in [4.69, 9.17) is 0 Å². The third-order valence-electron chi connectivity index (χ3n) is 13.3. The molecule has 0 bridgehead atoms. The minimum Gasteiger partial charge on any atom is -0.294 e. The van der Waals surface area contributed by atoms with Crippen molar-refractivity contribution in [3.05, 3.63) is 182 Å². The number of carbonyl (C=O) groups excluding carboxylic acids is 2. The molecule has 79 heavy (non-hydrogen) atoms. The van der Waals surface area contributed by atoms with Crippen molar-refractivity contribution in [3.63, 3.8) is 0 Å². The van der Waals surface area contributed by atoms with Crippen LogP contribution in [0.1, 0.15) is 130 Å². The predicted octanol–water partition coefficient (Wildman–Crippen LogP) is 14.1. The number of unbranched alkanes of at least 4 members (excludes halogenated alkanes) is 14. The van der Waals surface area contributed by atoms with Gasteiger partial charge >= 0.3 is 0 Å². The number of nitrogens with zero attached hydrogens (tertiary/aromatic N) is 1. The Morgan fingerprint density at radius 3 is 0.835 bits per heavy atom. The first-order valence-electron chi connectivity index (χ1n) is 24.7. The zero-order valence-corrected chi connectivity index (χ0v) is 41.6. The Morgan fingerprint density at radius 1 is 0.316 bits per heavy atom. The highest BCUT2D eigenvalue weighted by molar-refractivity contribution is 7.20. The van der Waals surface area contributed by atoms with E-state index in [1.165, 1.54) is 83.5 Å². The molecular formula is C55H46BF20NO2. The number of benzene rings is 5. The molecular weight excluding hydrogens is 1100 g/mol. The first-order valence-corrected chi connectivity index (χ1v) is 24.7. The van der Waals surface area contributed by atoms with E-state index in [0.29, 0.717) is 12.0 Å². The van der Waals surface area contributed by atoms with Crippen LogP contribution in [0.25, 0.3) is 0 Å². The molecule has 0 saturated carbocycles. The van der Waals surface area contributed by atoms with Crippen LogP contribution in [0.2, 0.25) is 0 Å². The Bertz CT molecular complexity index is 2780. The summed E-state index contributed by atoms with van der Waals surface area (Å²) in [7, 11) is 0. The molecule has 0 N–H and O–H groups in total. The molecule has 0 fully saturated rings. The first kappa shape index (κ1) is 63.1. The summed E-state index contributed by atoms with van der Waals surface area (Å²) >= 11 is 0. The summed E-state index contributed by atoms with van der Waals surface area (Å²) in [6.45, 7) is 2.57. The second kappa shape index (κ2) is 27.9. The predicted molar refractivity (Wildman–Crippen MR) is 251 cm³/mol. The quantitative estimate of drug-likeness (QED) is 0.0115. The largest absolute Gasteiger partial charge is 0.294 e. The summed E-state index contributed by atoms with van der Waals surface area (Å²) in [6.07, 6.45) is 17.1. The fourth-order valence-electron chi connectivity index (χ4n) is 9.31. The van der Waals surface area contributed by atoms with Gasteiger partial charge in [0, 0.05) is 29.7 Å². The van der Waals surface area contributed by atoms with Crippen molar-refractivity contribution in [2.24, 2.45) is 0 Å². The van der Waals surface area contributed by atoms with Crippen molar-refractivity contribution in [1.82, 2.24) is 0 Å². The van der Waals surface area contributed by atoms with Gasteiger partial charge in [0.15, 0.2) is 88.0 Å². The van der Waals surface area contributed by atoms with Crippen molar-refractivity contribution in [1.29, 1.82) is 0 Å². The van der Waals surface area contributed by atoms with Crippen molar-refractivity contribution in [2.45, 2.75) is 116 Å². The number of hydrogen-bond donors (Lipinski definition) is 0. The van der Waals surface area contributed by atoms with Gasteiger partial charge in [-0.25, -0.2) is 87.8 Å². The molecule has 426 valence electrons. The molecule has 5 aromatic carbocycles. The lowest BCUT2D eigenvalue weighted by atomic mass is 9.12. The molecule has 0 amide bonds. The highest BCUT2D eigenvalue weighted by Gasteiger charge is 2.52. The summed E-state index contributed by atoms with van der Waals surface area (Å²) in [6, 6.07) is 13.0. The minimum absolute atomic E-state index is 0.0717. The first-order chi connectivity index (χ1) is 37.4. The van der Waals surface area contributed by atoms with Gasteiger partial charge in [-0.05, 0) is 6.42 Å². The van der Waals surface area contributed by atoms with Crippen LogP contribution >= 0.6 is 0 Å². The van der Waals surface area contributed by atoms with Gasteiger partial charge in [-0.2, -0.15) is 4.57 Å². The van der Waals surface area contributed by atoms with Crippen molar-refractivity contribution < 1.29 is 102 Å². The summed E-state index contributed by atoms with van der Waals surface area (Å²) in [4.78, 5) is 24.8. The van der Waals surface area contributed by atoms with E-state index in [-0.39, 0.29) is 18.1 Å². The maximum Gasteiger partial charge on any atom is 0.227 e. The molecule has 6 rings (SSSR count). The molecule has 24 heteroatoms. The Labute approximate surface area is 439 Å². The second-order valence-corrected chi connectivity index (χ2v) is 18.5. The maximum atomic E-state index is 15.4. The molecule has 6 aromatic rings. The molecule has 1 aromatic heterocycles. The molecule has 0 aliphatic rings. The summed E-state index contributed by atoms with van der Waals surface area (Å²) in [5, 5.41) is 0. The minimum atomic E-state index is -7.22. The Morgan fingerprint density at radius 2 is 0.557 bits per heavy atom. The molecule has 0 saturated heterocycles. The van der Waals surface area contributed by atoms with Gasteiger partial charge in [0.25, 0.3) is 0 Å². The summed E-state index contributed by atoms with van der Waals surface area (Å²) < 4.78 is 296. The molecule has 0 spiro atoms. The summed E-state index contributed by atoms with van der Waals surface area (Å²) in [5.74, 6) is -71.1. The van der Waals surface area contributed by atoms with Crippen LogP contribution < -0.4 is 26.4 Å². The maximum absolute atomic E-state index is 15.4. The topological polar surface area (TPSA) is 38.0 Å². The third kappa shape index (κ3) is 13.3. The SMILES string of the molecule is CCCCCCCCCCCCCCCCCC(=O)c1cc[n+](CC(=O)c2ccccc2)cc1.Fc1c(F)c(F)c([B-](c2c(F)c(F)c(F)c(F)c2F)(c2c(F)c(F)c(F)c(F)c2F)c2c(F)c(F)c(F)c(F)c2F)c(F)c1F. The van der Waals surface area contributed by atoms with E-state index in [0.717, 1.165) is 18.4 Å². The number of ketones is 2. The third-order valence-corrected chi connectivity index (χ3v) is 13.3. The van der Waals surface area contributed by atoms with Gasteiger partial charge in [0.2, 0.25) is 12.3 Å². The Balaban J connectivity index is 0.000000303. The molecule has 0 radical (unpaired) electrons.